The van der Waals surface area contributed by atoms with Gasteiger partial charge in [0.25, 0.3) is 0 Å². The molecule has 0 rings (SSSR count). The number of halogens is 2. The van der Waals surface area contributed by atoms with E-state index in [0.29, 0.717) is 12.9 Å². The number of rotatable bonds is 2. The van der Waals surface area contributed by atoms with Crippen LogP contribution in [-0.4, -0.2) is 34.6 Å². The molecule has 0 aromatic carbocycles. The first kappa shape index (κ1) is 12.6. The van der Waals surface area contributed by atoms with Crippen molar-refractivity contribution in [3.63, 3.8) is 0 Å². The molecule has 0 spiro atoms. The van der Waals surface area contributed by atoms with Crippen molar-refractivity contribution in [1.29, 1.82) is 0 Å². The molecule has 0 atom stereocenters. The summed E-state index contributed by atoms with van der Waals surface area (Å²) in [4.78, 5) is 0. The number of aliphatic hydroxyl groups excluding tert-OH is 3. The van der Waals surface area contributed by atoms with Crippen LogP contribution < -0.4 is 0 Å². The van der Waals surface area contributed by atoms with E-state index in [1.165, 1.54) is 0 Å². The van der Waals surface area contributed by atoms with E-state index in [2.05, 4.69) is 0 Å². The monoisotopic (exact) mass is 221 g/mol. The first-order chi connectivity index (χ1) is 4.22. The predicted molar refractivity (Wildman–Crippen MR) is 31.9 cm³/mol. The summed E-state index contributed by atoms with van der Waals surface area (Å²) >= 11 is 0.382. The van der Waals surface area contributed by atoms with E-state index in [4.69, 9.17) is 35.6 Å². The third-order valence-corrected chi connectivity index (χ3v) is 0.421. The fourth-order valence-electron chi connectivity index (χ4n) is 0.0577. The van der Waals surface area contributed by atoms with Gasteiger partial charge in [0.1, 0.15) is 6.10 Å². The molecule has 0 fully saturated rings. The normalized spacial score (nSPS) is 9.11. The molecule has 6 heteroatoms. The van der Waals surface area contributed by atoms with Crippen LogP contribution in [0.3, 0.4) is 0 Å². The summed E-state index contributed by atoms with van der Waals surface area (Å²) in [7, 11) is 9.47. The summed E-state index contributed by atoms with van der Waals surface area (Å²) in [5.74, 6) is 0. The summed E-state index contributed by atoms with van der Waals surface area (Å²) in [5.41, 5.74) is 0. The van der Waals surface area contributed by atoms with E-state index in [-0.39, 0.29) is 13.2 Å². The van der Waals surface area contributed by atoms with Crippen LogP contribution in [0, 0.1) is 0 Å². The Morgan fingerprint density at radius 1 is 1.22 bits per heavy atom. The molecule has 0 unspecified atom stereocenters. The maximum absolute atomic E-state index is 8.17. The van der Waals surface area contributed by atoms with Crippen LogP contribution in [0.2, 0.25) is 0 Å². The molecule has 0 radical (unpaired) electrons. The molecule has 0 bridgehead atoms. The molecule has 0 heterocycles. The molecule has 9 heavy (non-hydrogen) atoms. The van der Waals surface area contributed by atoms with Gasteiger partial charge < -0.3 is 15.3 Å². The van der Waals surface area contributed by atoms with E-state index in [1.807, 2.05) is 0 Å². The molecule has 0 saturated heterocycles. The van der Waals surface area contributed by atoms with Gasteiger partial charge in [-0.15, -0.1) is 0 Å². The van der Waals surface area contributed by atoms with Crippen LogP contribution in [0.5, 0.6) is 0 Å². The maximum atomic E-state index is 8.17. The summed E-state index contributed by atoms with van der Waals surface area (Å²) in [6.45, 7) is -0.729. The molecule has 0 aliphatic carbocycles. The van der Waals surface area contributed by atoms with Crippen molar-refractivity contribution >= 4 is 20.3 Å². The van der Waals surface area contributed by atoms with Crippen LogP contribution in [-0.2, 0) is 12.9 Å². The Labute approximate surface area is 68.1 Å². The molecule has 0 aromatic rings. The van der Waals surface area contributed by atoms with Crippen LogP contribution in [0.4, 0.5) is 0 Å². The van der Waals surface area contributed by atoms with Crippen LogP contribution in [0.1, 0.15) is 0 Å². The van der Waals surface area contributed by atoms with Crippen LogP contribution in [0.25, 0.3) is 0 Å². The molecule has 0 aliphatic rings. The Bertz CT molecular complexity index is 44.0. The van der Waals surface area contributed by atoms with Gasteiger partial charge in [-0.05, 0) is 0 Å². The van der Waals surface area contributed by atoms with E-state index < -0.39 is 6.10 Å². The minimum absolute atomic E-state index is 0.365. The molecule has 0 aliphatic heterocycles. The second-order valence-electron chi connectivity index (χ2n) is 1.07. The molecule has 0 aromatic heterocycles. The molecular formula is C3H8Cl2CoO3. The average molecular weight is 222 g/mol. The van der Waals surface area contributed by atoms with E-state index in [9.17, 15) is 0 Å². The van der Waals surface area contributed by atoms with Gasteiger partial charge in [0, 0.05) is 0 Å². The standard InChI is InChI=1S/C3H8O3.2ClH.Co/c4-1-3(6)2-5;;;/h3-6H,1-2H2;2*1H;/q;;;+2/p-2. The number of aliphatic hydroxyl groups is 3. The van der Waals surface area contributed by atoms with Crippen molar-refractivity contribution in [2.75, 3.05) is 13.2 Å². The third kappa shape index (κ3) is 17.6. The van der Waals surface area contributed by atoms with E-state index >= 15 is 0 Å². The van der Waals surface area contributed by atoms with Crippen molar-refractivity contribution in [3.8, 4) is 0 Å². The van der Waals surface area contributed by atoms with Crippen molar-refractivity contribution in [2.24, 2.45) is 0 Å². The topological polar surface area (TPSA) is 60.7 Å². The van der Waals surface area contributed by atoms with Crippen molar-refractivity contribution in [1.82, 2.24) is 0 Å². The van der Waals surface area contributed by atoms with Crippen LogP contribution in [0.15, 0.2) is 0 Å². The Kier molecular flexibility index (Phi) is 16.4. The van der Waals surface area contributed by atoms with Gasteiger partial charge in [0.15, 0.2) is 0 Å². The fourth-order valence-corrected chi connectivity index (χ4v) is 0.0577. The minimum atomic E-state index is -0.954. The first-order valence-electron chi connectivity index (χ1n) is 1.96. The fraction of sp³-hybridized carbons (Fsp3) is 1.00. The third-order valence-electron chi connectivity index (χ3n) is 0.421. The zero-order chi connectivity index (χ0) is 7.70. The molecule has 3 nitrogen and oxygen atoms in total. The SMILES string of the molecule is OCC(O)CO.[Cl][Co][Cl]. The second kappa shape index (κ2) is 11.7. The second-order valence-corrected chi connectivity index (χ2v) is 2.79. The van der Waals surface area contributed by atoms with Crippen molar-refractivity contribution < 1.29 is 28.2 Å². The first-order valence-corrected chi connectivity index (χ1v) is 4.82. The summed E-state index contributed by atoms with van der Waals surface area (Å²) in [6, 6.07) is 0. The van der Waals surface area contributed by atoms with Gasteiger partial charge in [0.05, 0.1) is 13.2 Å². The quantitative estimate of drug-likeness (QED) is 0.601. The molecule has 3 N–H and O–H groups in total. The van der Waals surface area contributed by atoms with Gasteiger partial charge in [-0.1, -0.05) is 0 Å². The molecule has 0 saturated carbocycles. The Balaban J connectivity index is 0. The van der Waals surface area contributed by atoms with Gasteiger partial charge >= 0.3 is 33.2 Å². The molecule has 0 amide bonds. The summed E-state index contributed by atoms with van der Waals surface area (Å²) in [6.07, 6.45) is -0.954. The van der Waals surface area contributed by atoms with E-state index in [0.717, 1.165) is 0 Å². The van der Waals surface area contributed by atoms with Gasteiger partial charge in [-0.3, -0.25) is 0 Å². The number of hydrogen-bond acceptors (Lipinski definition) is 3. The van der Waals surface area contributed by atoms with Gasteiger partial charge in [0.2, 0.25) is 0 Å². The average Bonchev–Trinajstić information content (AvgIpc) is 1.88. The summed E-state index contributed by atoms with van der Waals surface area (Å²) < 4.78 is 0. The zero-order valence-corrected chi connectivity index (χ0v) is 6.98. The Hall–Kier alpha value is 0.966. The van der Waals surface area contributed by atoms with Crippen LogP contribution >= 0.6 is 20.3 Å². The van der Waals surface area contributed by atoms with Crippen molar-refractivity contribution in [2.45, 2.75) is 6.10 Å². The summed E-state index contributed by atoms with van der Waals surface area (Å²) in [5, 5.41) is 24.0. The Morgan fingerprint density at radius 2 is 1.44 bits per heavy atom. The number of hydrogen-bond donors (Lipinski definition) is 3. The van der Waals surface area contributed by atoms with Gasteiger partial charge in [-0.2, -0.15) is 0 Å². The zero-order valence-electron chi connectivity index (χ0n) is 4.42. The molecule has 61 valence electrons. The molecular weight excluding hydrogens is 214 g/mol. The van der Waals surface area contributed by atoms with Gasteiger partial charge in [-0.25, -0.2) is 0 Å². The Morgan fingerprint density at radius 3 is 1.44 bits per heavy atom. The predicted octanol–water partition coefficient (Wildman–Crippen LogP) is -0.292. The van der Waals surface area contributed by atoms with Crippen molar-refractivity contribution in [3.05, 3.63) is 0 Å². The van der Waals surface area contributed by atoms with E-state index in [1.54, 1.807) is 0 Å².